The maximum atomic E-state index is 6.65. The summed E-state index contributed by atoms with van der Waals surface area (Å²) in [5.74, 6) is 4.93. The number of hydrogen-bond acceptors (Lipinski definition) is 4. The van der Waals surface area contributed by atoms with Crippen molar-refractivity contribution in [2.24, 2.45) is 0 Å². The Kier molecular flexibility index (Phi) is 7.44. The lowest BCUT2D eigenvalue weighted by Crippen LogP contribution is -2.57. The quantitative estimate of drug-likeness (QED) is 0.170. The number of para-hydroxylation sites is 3. The van der Waals surface area contributed by atoms with E-state index in [-0.39, 0.29) is 12.1 Å². The second-order valence-electron chi connectivity index (χ2n) is 15.8. The fraction of sp³-hybridized carbons (Fsp3) is 0.217. The number of imidazole rings is 1. The highest BCUT2D eigenvalue weighted by Crippen LogP contribution is 2.40. The lowest BCUT2D eigenvalue weighted by molar-refractivity contribution is 0.464. The molecule has 5 nitrogen and oxygen atoms in total. The van der Waals surface area contributed by atoms with Crippen LogP contribution in [0.5, 0.6) is 23.0 Å². The van der Waals surface area contributed by atoms with Gasteiger partial charge in [-0.2, -0.15) is 0 Å². The molecule has 9 rings (SSSR count). The summed E-state index contributed by atoms with van der Waals surface area (Å²) in [6.45, 7) is 15.7. The fourth-order valence-corrected chi connectivity index (χ4v) is 8.01. The van der Waals surface area contributed by atoms with Gasteiger partial charge in [-0.15, -0.1) is 0 Å². The molecule has 2 aromatic heterocycles. The number of pyridine rings is 1. The van der Waals surface area contributed by atoms with Crippen LogP contribution in [-0.4, -0.2) is 21.2 Å². The van der Waals surface area contributed by atoms with E-state index in [0.29, 0.717) is 11.8 Å². The molecule has 2 aliphatic heterocycles. The summed E-state index contributed by atoms with van der Waals surface area (Å²) in [5, 5.41) is 0. The van der Waals surface area contributed by atoms with E-state index in [2.05, 4.69) is 144 Å². The summed E-state index contributed by atoms with van der Waals surface area (Å²) < 4.78 is 15.6. The van der Waals surface area contributed by atoms with Gasteiger partial charge in [-0.1, -0.05) is 97.0 Å². The zero-order valence-corrected chi connectivity index (χ0v) is 30.9. The molecule has 0 atom stereocenters. The Hall–Kier alpha value is -5.62. The first-order valence-corrected chi connectivity index (χ1v) is 18.4. The number of benzene rings is 5. The van der Waals surface area contributed by atoms with Gasteiger partial charge in [-0.05, 0) is 111 Å². The van der Waals surface area contributed by atoms with Crippen LogP contribution < -0.4 is 25.9 Å². The molecule has 0 unspecified atom stereocenters. The Morgan fingerprint density at radius 3 is 1.90 bits per heavy atom. The monoisotopic (exact) mass is 679 g/mol. The predicted molar refractivity (Wildman–Crippen MR) is 214 cm³/mol. The Labute approximate surface area is 306 Å². The van der Waals surface area contributed by atoms with E-state index in [1.54, 1.807) is 0 Å². The highest BCUT2D eigenvalue weighted by Gasteiger charge is 2.40. The molecule has 2 aliphatic rings. The molecule has 52 heavy (non-hydrogen) atoms. The zero-order chi connectivity index (χ0) is 35.9. The van der Waals surface area contributed by atoms with Crippen molar-refractivity contribution in [2.45, 2.75) is 65.7 Å². The molecule has 0 radical (unpaired) electrons. The molecule has 5 aromatic carbocycles. The highest BCUT2D eigenvalue weighted by molar-refractivity contribution is 6.98. The summed E-state index contributed by atoms with van der Waals surface area (Å²) >= 11 is 0. The van der Waals surface area contributed by atoms with Gasteiger partial charge in [-0.3, -0.25) is 9.55 Å². The average Bonchev–Trinajstić information content (AvgIpc) is 3.53. The molecule has 0 saturated heterocycles. The molecule has 256 valence electrons. The molecule has 0 amide bonds. The summed E-state index contributed by atoms with van der Waals surface area (Å²) in [4.78, 5) is 10.2. The molecule has 0 spiro atoms. The van der Waals surface area contributed by atoms with Gasteiger partial charge >= 0.3 is 0 Å². The molecule has 0 bridgehead atoms. The first-order chi connectivity index (χ1) is 25.1. The van der Waals surface area contributed by atoms with E-state index in [4.69, 9.17) is 19.4 Å². The SMILES string of the molecule is CC(C)c1cccc(C(C)C)c1-n1c(-c2ccc3c(c2)B2c4cc(-c5cc(C(C)(C)C)ccn5)ccc4Oc4cccc(c42)O3)nc2ccccc21. The first-order valence-electron chi connectivity index (χ1n) is 18.4. The first kappa shape index (κ1) is 32.3. The van der Waals surface area contributed by atoms with Gasteiger partial charge in [0, 0.05) is 17.2 Å². The number of fused-ring (bicyclic) bond motifs is 5. The van der Waals surface area contributed by atoms with Gasteiger partial charge in [0.2, 0.25) is 0 Å². The van der Waals surface area contributed by atoms with Crippen LogP contribution in [0.25, 0.3) is 39.4 Å². The molecule has 7 aromatic rings. The van der Waals surface area contributed by atoms with Crippen molar-refractivity contribution < 1.29 is 9.47 Å². The number of hydrogen-bond donors (Lipinski definition) is 0. The Balaban J connectivity index is 1.26. The second kappa shape index (κ2) is 12.0. The van der Waals surface area contributed by atoms with Crippen LogP contribution in [0, 0.1) is 0 Å². The minimum Gasteiger partial charge on any atom is -0.458 e. The Morgan fingerprint density at radius 1 is 0.635 bits per heavy atom. The minimum atomic E-state index is -0.101. The number of nitrogens with zero attached hydrogens (tertiary/aromatic N) is 3. The molecule has 0 aliphatic carbocycles. The maximum absolute atomic E-state index is 6.65. The van der Waals surface area contributed by atoms with Gasteiger partial charge in [0.05, 0.1) is 22.4 Å². The standard InChI is InChI=1S/C46H42BN3O2/c1-27(2)32-12-10-13-33(28(3)4)44(32)50-38-15-9-8-14-36(38)49-45(50)30-19-21-40-35(25-30)47-34-24-29(37-26-31(22-23-48-37)46(5,6)7)18-20-39(34)51-41-16-11-17-42(52-40)43(41)47/h8-28H,1-7H3. The van der Waals surface area contributed by atoms with E-state index < -0.39 is 0 Å². The van der Waals surface area contributed by atoms with Crippen LogP contribution in [0.4, 0.5) is 0 Å². The fourth-order valence-electron chi connectivity index (χ4n) is 8.01. The van der Waals surface area contributed by atoms with E-state index in [1.165, 1.54) is 22.4 Å². The van der Waals surface area contributed by atoms with Gasteiger partial charge in [0.25, 0.3) is 6.71 Å². The van der Waals surface area contributed by atoms with Gasteiger partial charge < -0.3 is 9.47 Å². The molecule has 4 heterocycles. The van der Waals surface area contributed by atoms with Crippen molar-refractivity contribution in [1.82, 2.24) is 14.5 Å². The smallest absolute Gasteiger partial charge is 0.260 e. The van der Waals surface area contributed by atoms with Gasteiger partial charge in [0.15, 0.2) is 0 Å². The van der Waals surface area contributed by atoms with Gasteiger partial charge in [0.1, 0.15) is 28.8 Å². The molecule has 0 N–H and O–H groups in total. The summed E-state index contributed by atoms with van der Waals surface area (Å²) in [6.07, 6.45) is 1.92. The van der Waals surface area contributed by atoms with Crippen molar-refractivity contribution in [3.63, 3.8) is 0 Å². The Morgan fingerprint density at radius 2 is 1.25 bits per heavy atom. The van der Waals surface area contributed by atoms with E-state index >= 15 is 0 Å². The largest absolute Gasteiger partial charge is 0.458 e. The van der Waals surface area contributed by atoms with Crippen molar-refractivity contribution in [1.29, 1.82) is 0 Å². The maximum Gasteiger partial charge on any atom is 0.260 e. The lowest BCUT2D eigenvalue weighted by atomic mass is 9.34. The number of rotatable bonds is 5. The highest BCUT2D eigenvalue weighted by atomic mass is 16.5. The molecule has 0 fully saturated rings. The third-order valence-electron chi connectivity index (χ3n) is 10.7. The van der Waals surface area contributed by atoms with Crippen LogP contribution in [-0.2, 0) is 5.41 Å². The predicted octanol–water partition coefficient (Wildman–Crippen LogP) is 10.0. The van der Waals surface area contributed by atoms with Crippen LogP contribution in [0.3, 0.4) is 0 Å². The van der Waals surface area contributed by atoms with Crippen molar-refractivity contribution in [3.05, 3.63) is 132 Å². The lowest BCUT2D eigenvalue weighted by Gasteiger charge is -2.33. The second-order valence-corrected chi connectivity index (χ2v) is 15.8. The molecular weight excluding hydrogens is 637 g/mol. The molecule has 0 saturated carbocycles. The topological polar surface area (TPSA) is 49.2 Å². The molecular formula is C46H42BN3O2. The van der Waals surface area contributed by atoms with Crippen molar-refractivity contribution in [2.75, 3.05) is 0 Å². The number of aromatic nitrogens is 3. The minimum absolute atomic E-state index is 0.0149. The average molecular weight is 680 g/mol. The summed E-state index contributed by atoms with van der Waals surface area (Å²) in [7, 11) is 0. The zero-order valence-electron chi connectivity index (χ0n) is 30.9. The third kappa shape index (κ3) is 5.15. The third-order valence-corrected chi connectivity index (χ3v) is 10.7. The van der Waals surface area contributed by atoms with Crippen molar-refractivity contribution >= 4 is 34.1 Å². The summed E-state index contributed by atoms with van der Waals surface area (Å²) in [6, 6.07) is 38.7. The van der Waals surface area contributed by atoms with E-state index in [1.807, 2.05) is 24.4 Å². The van der Waals surface area contributed by atoms with Crippen LogP contribution in [0.2, 0.25) is 0 Å². The normalized spacial score (nSPS) is 13.1. The van der Waals surface area contributed by atoms with E-state index in [9.17, 15) is 0 Å². The number of ether oxygens (including phenoxy) is 2. The molecule has 6 heteroatoms. The van der Waals surface area contributed by atoms with Gasteiger partial charge in [-0.25, -0.2) is 4.98 Å². The van der Waals surface area contributed by atoms with Crippen molar-refractivity contribution in [3.8, 4) is 51.3 Å². The van der Waals surface area contributed by atoms with E-state index in [0.717, 1.165) is 73.1 Å². The van der Waals surface area contributed by atoms with Crippen LogP contribution in [0.15, 0.2) is 115 Å². The van der Waals surface area contributed by atoms with Crippen LogP contribution in [0.1, 0.15) is 77.0 Å². The van der Waals surface area contributed by atoms with Crippen LogP contribution >= 0.6 is 0 Å². The Bertz CT molecular complexity index is 2500. The summed E-state index contributed by atoms with van der Waals surface area (Å²) in [5.41, 5.74) is 13.5.